The van der Waals surface area contributed by atoms with Crippen molar-refractivity contribution in [1.82, 2.24) is 9.97 Å². The molecule has 0 fully saturated rings. The van der Waals surface area contributed by atoms with Crippen LogP contribution in [-0.2, 0) is 6.42 Å². The molecule has 102 valence electrons. The SMILES string of the molecule is COc1ccc(-c2nc(CCN)c(C)[nH]2)c(OC)c1. The second kappa shape index (κ2) is 5.75. The van der Waals surface area contributed by atoms with Gasteiger partial charge in [-0.2, -0.15) is 0 Å². The molecule has 0 saturated carbocycles. The third kappa shape index (κ3) is 2.71. The molecular weight excluding hydrogens is 242 g/mol. The van der Waals surface area contributed by atoms with E-state index in [-0.39, 0.29) is 0 Å². The number of imidazole rings is 1. The lowest BCUT2D eigenvalue weighted by Gasteiger charge is -2.08. The molecule has 0 spiro atoms. The summed E-state index contributed by atoms with van der Waals surface area (Å²) in [6.45, 7) is 2.59. The highest BCUT2D eigenvalue weighted by Crippen LogP contribution is 2.32. The van der Waals surface area contributed by atoms with Gasteiger partial charge in [0.15, 0.2) is 0 Å². The van der Waals surface area contributed by atoms with Crippen LogP contribution in [0.5, 0.6) is 11.5 Å². The van der Waals surface area contributed by atoms with Crippen LogP contribution < -0.4 is 15.2 Å². The average Bonchev–Trinajstić information content (AvgIpc) is 2.79. The third-order valence-electron chi connectivity index (χ3n) is 3.03. The van der Waals surface area contributed by atoms with Crippen molar-refractivity contribution in [1.29, 1.82) is 0 Å². The first kappa shape index (κ1) is 13.4. The zero-order valence-electron chi connectivity index (χ0n) is 11.5. The number of rotatable bonds is 5. The minimum Gasteiger partial charge on any atom is -0.497 e. The molecule has 0 aliphatic rings. The molecule has 0 unspecified atom stereocenters. The number of nitrogens with zero attached hydrogens (tertiary/aromatic N) is 1. The summed E-state index contributed by atoms with van der Waals surface area (Å²) in [6.07, 6.45) is 0.765. The zero-order valence-corrected chi connectivity index (χ0v) is 11.5. The van der Waals surface area contributed by atoms with Gasteiger partial charge in [0.05, 0.1) is 25.5 Å². The van der Waals surface area contributed by atoms with Crippen LogP contribution in [0.2, 0.25) is 0 Å². The predicted octanol–water partition coefficient (Wildman–Crippen LogP) is 1.90. The normalized spacial score (nSPS) is 10.5. The number of hydrogen-bond acceptors (Lipinski definition) is 4. The van der Waals surface area contributed by atoms with Gasteiger partial charge in [-0.15, -0.1) is 0 Å². The van der Waals surface area contributed by atoms with E-state index in [1.807, 2.05) is 25.1 Å². The van der Waals surface area contributed by atoms with Gasteiger partial charge >= 0.3 is 0 Å². The van der Waals surface area contributed by atoms with Crippen molar-refractivity contribution in [3.05, 3.63) is 29.6 Å². The van der Waals surface area contributed by atoms with Gasteiger partial charge in [-0.25, -0.2) is 4.98 Å². The Bertz CT molecular complexity index is 564. The number of ether oxygens (including phenoxy) is 2. The van der Waals surface area contributed by atoms with Crippen LogP contribution in [0, 0.1) is 6.92 Å². The molecule has 5 nitrogen and oxygen atoms in total. The highest BCUT2D eigenvalue weighted by atomic mass is 16.5. The fourth-order valence-electron chi connectivity index (χ4n) is 2.00. The first-order valence-electron chi connectivity index (χ1n) is 6.17. The molecule has 1 aromatic carbocycles. The van der Waals surface area contributed by atoms with Gasteiger partial charge in [-0.1, -0.05) is 0 Å². The maximum absolute atomic E-state index is 5.58. The Morgan fingerprint density at radius 1 is 1.26 bits per heavy atom. The van der Waals surface area contributed by atoms with Gasteiger partial charge in [-0.3, -0.25) is 0 Å². The molecule has 0 aliphatic carbocycles. The summed E-state index contributed by atoms with van der Waals surface area (Å²) < 4.78 is 10.6. The topological polar surface area (TPSA) is 73.2 Å². The van der Waals surface area contributed by atoms with Gasteiger partial charge in [0.1, 0.15) is 17.3 Å². The van der Waals surface area contributed by atoms with E-state index in [9.17, 15) is 0 Å². The largest absolute Gasteiger partial charge is 0.497 e. The average molecular weight is 261 g/mol. The molecule has 1 aromatic heterocycles. The Labute approximate surface area is 112 Å². The van der Waals surface area contributed by atoms with Crippen LogP contribution in [0.15, 0.2) is 18.2 Å². The molecule has 0 radical (unpaired) electrons. The Morgan fingerprint density at radius 2 is 2.05 bits per heavy atom. The van der Waals surface area contributed by atoms with Crippen molar-refractivity contribution in [3.8, 4) is 22.9 Å². The molecule has 0 amide bonds. The Hall–Kier alpha value is -2.01. The number of aromatic amines is 1. The maximum atomic E-state index is 5.58. The fraction of sp³-hybridized carbons (Fsp3) is 0.357. The Kier molecular flexibility index (Phi) is 4.06. The lowest BCUT2D eigenvalue weighted by molar-refractivity contribution is 0.395. The van der Waals surface area contributed by atoms with E-state index in [2.05, 4.69) is 9.97 Å². The minimum atomic E-state index is 0.588. The van der Waals surface area contributed by atoms with Gasteiger partial charge in [0.2, 0.25) is 0 Å². The van der Waals surface area contributed by atoms with E-state index in [1.165, 1.54) is 0 Å². The third-order valence-corrected chi connectivity index (χ3v) is 3.03. The molecule has 0 saturated heterocycles. The van der Waals surface area contributed by atoms with E-state index >= 15 is 0 Å². The van der Waals surface area contributed by atoms with E-state index in [4.69, 9.17) is 15.2 Å². The van der Waals surface area contributed by atoms with Crippen LogP contribution in [0.4, 0.5) is 0 Å². The number of H-pyrrole nitrogens is 1. The molecule has 0 aliphatic heterocycles. The monoisotopic (exact) mass is 261 g/mol. The van der Waals surface area contributed by atoms with Crippen molar-refractivity contribution < 1.29 is 9.47 Å². The summed E-state index contributed by atoms with van der Waals surface area (Å²) in [5.41, 5.74) is 8.52. The molecule has 3 N–H and O–H groups in total. The molecule has 2 aromatic rings. The Morgan fingerprint density at radius 3 is 2.68 bits per heavy atom. The van der Waals surface area contributed by atoms with Crippen LogP contribution in [0.1, 0.15) is 11.4 Å². The number of aryl methyl sites for hydroxylation is 1. The van der Waals surface area contributed by atoms with Crippen molar-refractivity contribution in [2.45, 2.75) is 13.3 Å². The van der Waals surface area contributed by atoms with Crippen molar-refractivity contribution in [2.75, 3.05) is 20.8 Å². The van der Waals surface area contributed by atoms with Gasteiger partial charge in [-0.05, 0) is 25.6 Å². The highest BCUT2D eigenvalue weighted by Gasteiger charge is 2.13. The molecule has 0 atom stereocenters. The van der Waals surface area contributed by atoms with Crippen LogP contribution in [0.3, 0.4) is 0 Å². The van der Waals surface area contributed by atoms with Crippen LogP contribution in [-0.4, -0.2) is 30.7 Å². The number of hydrogen-bond donors (Lipinski definition) is 2. The second-order valence-corrected chi connectivity index (χ2v) is 4.26. The van der Waals surface area contributed by atoms with Crippen molar-refractivity contribution >= 4 is 0 Å². The summed E-state index contributed by atoms with van der Waals surface area (Å²) in [5.74, 6) is 2.28. The Balaban J connectivity index is 2.43. The maximum Gasteiger partial charge on any atom is 0.141 e. The van der Waals surface area contributed by atoms with Gasteiger partial charge in [0.25, 0.3) is 0 Å². The molecular formula is C14H19N3O2. The lowest BCUT2D eigenvalue weighted by Crippen LogP contribution is -2.03. The minimum absolute atomic E-state index is 0.588. The van der Waals surface area contributed by atoms with Gasteiger partial charge < -0.3 is 20.2 Å². The zero-order chi connectivity index (χ0) is 13.8. The molecule has 5 heteroatoms. The summed E-state index contributed by atoms with van der Waals surface area (Å²) >= 11 is 0. The molecule has 1 heterocycles. The van der Waals surface area contributed by atoms with E-state index in [0.29, 0.717) is 6.54 Å². The van der Waals surface area contributed by atoms with Crippen molar-refractivity contribution in [2.24, 2.45) is 5.73 Å². The van der Waals surface area contributed by atoms with Crippen LogP contribution >= 0.6 is 0 Å². The first-order chi connectivity index (χ1) is 9.19. The quantitative estimate of drug-likeness (QED) is 0.862. The summed E-state index contributed by atoms with van der Waals surface area (Å²) in [7, 11) is 3.26. The van der Waals surface area contributed by atoms with Crippen LogP contribution in [0.25, 0.3) is 11.4 Å². The van der Waals surface area contributed by atoms with E-state index in [0.717, 1.165) is 40.7 Å². The van der Waals surface area contributed by atoms with Crippen molar-refractivity contribution in [3.63, 3.8) is 0 Å². The summed E-state index contributed by atoms with van der Waals surface area (Å²) in [6, 6.07) is 5.66. The smallest absolute Gasteiger partial charge is 0.141 e. The lowest BCUT2D eigenvalue weighted by atomic mass is 10.2. The standard InChI is InChI=1S/C14H19N3O2/c1-9-12(6-7-15)17-14(16-9)11-5-4-10(18-2)8-13(11)19-3/h4-5,8H,6-7,15H2,1-3H3,(H,16,17). The molecule has 19 heavy (non-hydrogen) atoms. The highest BCUT2D eigenvalue weighted by molar-refractivity contribution is 5.66. The van der Waals surface area contributed by atoms with E-state index < -0.39 is 0 Å². The number of nitrogens with two attached hydrogens (primary N) is 1. The molecule has 0 bridgehead atoms. The number of nitrogens with one attached hydrogen (secondary N) is 1. The first-order valence-corrected chi connectivity index (χ1v) is 6.17. The van der Waals surface area contributed by atoms with E-state index in [1.54, 1.807) is 14.2 Å². The number of methoxy groups -OCH3 is 2. The van der Waals surface area contributed by atoms with Gasteiger partial charge in [0, 0.05) is 18.2 Å². The number of benzene rings is 1. The predicted molar refractivity (Wildman–Crippen MR) is 74.6 cm³/mol. The summed E-state index contributed by atoms with van der Waals surface area (Å²) in [5, 5.41) is 0. The summed E-state index contributed by atoms with van der Waals surface area (Å²) in [4.78, 5) is 7.85. The molecule has 2 rings (SSSR count). The second-order valence-electron chi connectivity index (χ2n) is 4.26. The number of aromatic nitrogens is 2. The fourth-order valence-corrected chi connectivity index (χ4v) is 2.00.